The van der Waals surface area contributed by atoms with Gasteiger partial charge in [0.05, 0.1) is 0 Å². The van der Waals surface area contributed by atoms with Crippen molar-refractivity contribution in [2.75, 3.05) is 7.05 Å². The number of rotatable bonds is 2. The molecule has 46 valence electrons. The number of hydrogen-bond donors (Lipinski definition) is 1. The van der Waals surface area contributed by atoms with Crippen LogP contribution in [0.4, 0.5) is 0 Å². The molecule has 0 aromatic carbocycles. The van der Waals surface area contributed by atoms with Crippen molar-refractivity contribution in [2.24, 2.45) is 16.6 Å². The molecule has 0 rings (SSSR count). The van der Waals surface area contributed by atoms with Crippen molar-refractivity contribution in [3.8, 4) is 0 Å². The van der Waals surface area contributed by atoms with Crippen LogP contribution in [0.15, 0.2) is 17.3 Å². The van der Waals surface area contributed by atoms with E-state index in [1.807, 2.05) is 19.2 Å². The second-order valence-corrected chi connectivity index (χ2v) is 1.65. The lowest BCUT2D eigenvalue weighted by Gasteiger charge is -1.91. The molecule has 0 bridgehead atoms. The van der Waals surface area contributed by atoms with Crippen LogP contribution in [0.5, 0.6) is 0 Å². The van der Waals surface area contributed by atoms with Crippen LogP contribution in [0.25, 0.3) is 0 Å². The Labute approximate surface area is 50.1 Å². The highest BCUT2D eigenvalue weighted by Gasteiger charge is 1.84. The molecule has 1 unspecified atom stereocenters. The SMILES string of the molecule is C/N=C\C(C)/C=C\N. The summed E-state index contributed by atoms with van der Waals surface area (Å²) < 4.78 is 0. The Bertz CT molecular complexity index is 82.7. The smallest absolute Gasteiger partial charge is 0.0273 e. The summed E-state index contributed by atoms with van der Waals surface area (Å²) >= 11 is 0. The maximum atomic E-state index is 5.12. The Morgan fingerprint density at radius 1 is 1.62 bits per heavy atom. The summed E-state index contributed by atoms with van der Waals surface area (Å²) in [6.07, 6.45) is 5.25. The van der Waals surface area contributed by atoms with Crippen molar-refractivity contribution in [1.29, 1.82) is 0 Å². The molecule has 1 atom stereocenters. The molecule has 2 N–H and O–H groups in total. The molecule has 8 heavy (non-hydrogen) atoms. The van der Waals surface area contributed by atoms with Gasteiger partial charge in [-0.25, -0.2) is 0 Å². The molecule has 0 saturated carbocycles. The predicted molar refractivity (Wildman–Crippen MR) is 36.9 cm³/mol. The lowest BCUT2D eigenvalue weighted by Crippen LogP contribution is -1.91. The largest absolute Gasteiger partial charge is 0.405 e. The van der Waals surface area contributed by atoms with Gasteiger partial charge >= 0.3 is 0 Å². The minimum atomic E-state index is 0.366. The van der Waals surface area contributed by atoms with Crippen LogP contribution in [-0.4, -0.2) is 13.3 Å². The van der Waals surface area contributed by atoms with Crippen LogP contribution in [0.2, 0.25) is 0 Å². The van der Waals surface area contributed by atoms with Gasteiger partial charge in [-0.05, 0) is 6.20 Å². The molecular formula is C6H12N2. The summed E-state index contributed by atoms with van der Waals surface area (Å²) in [5, 5.41) is 0. The van der Waals surface area contributed by atoms with Gasteiger partial charge in [0.15, 0.2) is 0 Å². The van der Waals surface area contributed by atoms with E-state index in [-0.39, 0.29) is 0 Å². The maximum Gasteiger partial charge on any atom is 0.0273 e. The normalized spacial score (nSPS) is 15.8. The van der Waals surface area contributed by atoms with E-state index in [9.17, 15) is 0 Å². The first kappa shape index (κ1) is 7.21. The van der Waals surface area contributed by atoms with Crippen LogP contribution in [0.3, 0.4) is 0 Å². The Morgan fingerprint density at radius 3 is 2.62 bits per heavy atom. The van der Waals surface area contributed by atoms with Gasteiger partial charge in [-0.2, -0.15) is 0 Å². The highest BCUT2D eigenvalue weighted by atomic mass is 14.6. The molecule has 0 fully saturated rings. The van der Waals surface area contributed by atoms with Gasteiger partial charge < -0.3 is 10.7 Å². The first-order chi connectivity index (χ1) is 3.81. The highest BCUT2D eigenvalue weighted by molar-refractivity contribution is 5.62. The summed E-state index contributed by atoms with van der Waals surface area (Å²) in [6.45, 7) is 2.02. The maximum absolute atomic E-state index is 5.12. The molecule has 0 radical (unpaired) electrons. The zero-order valence-corrected chi connectivity index (χ0v) is 5.33. The molecule has 0 heterocycles. The van der Waals surface area contributed by atoms with Gasteiger partial charge in [-0.15, -0.1) is 0 Å². The Kier molecular flexibility index (Phi) is 3.94. The Morgan fingerprint density at radius 2 is 2.25 bits per heavy atom. The van der Waals surface area contributed by atoms with Gasteiger partial charge in [0.2, 0.25) is 0 Å². The zero-order chi connectivity index (χ0) is 6.41. The second kappa shape index (κ2) is 4.37. The molecule has 0 aliphatic heterocycles. The Balaban J connectivity index is 3.47. The van der Waals surface area contributed by atoms with Crippen LogP contribution in [0.1, 0.15) is 6.92 Å². The predicted octanol–water partition coefficient (Wildman–Crippen LogP) is 0.796. The van der Waals surface area contributed by atoms with Crippen LogP contribution < -0.4 is 5.73 Å². The molecule has 0 aliphatic rings. The minimum Gasteiger partial charge on any atom is -0.405 e. The monoisotopic (exact) mass is 112 g/mol. The fraction of sp³-hybridized carbons (Fsp3) is 0.500. The molecule has 0 aliphatic carbocycles. The number of aliphatic imine (C=N–C) groups is 1. The first-order valence-corrected chi connectivity index (χ1v) is 2.62. The second-order valence-electron chi connectivity index (χ2n) is 1.65. The van der Waals surface area contributed by atoms with Gasteiger partial charge in [0.1, 0.15) is 0 Å². The third-order valence-electron chi connectivity index (χ3n) is 0.799. The minimum absolute atomic E-state index is 0.366. The molecule has 0 aromatic heterocycles. The molecule has 0 saturated heterocycles. The zero-order valence-electron chi connectivity index (χ0n) is 5.33. The van der Waals surface area contributed by atoms with Crippen LogP contribution >= 0.6 is 0 Å². The van der Waals surface area contributed by atoms with E-state index in [4.69, 9.17) is 5.73 Å². The van der Waals surface area contributed by atoms with E-state index in [2.05, 4.69) is 4.99 Å². The molecule has 2 heteroatoms. The van der Waals surface area contributed by atoms with Crippen molar-refractivity contribution in [3.63, 3.8) is 0 Å². The fourth-order valence-electron chi connectivity index (χ4n) is 0.460. The lowest BCUT2D eigenvalue weighted by molar-refractivity contribution is 1.01. The summed E-state index contributed by atoms with van der Waals surface area (Å²) in [6, 6.07) is 0. The van der Waals surface area contributed by atoms with Gasteiger partial charge in [-0.3, -0.25) is 0 Å². The van der Waals surface area contributed by atoms with Gasteiger partial charge in [0, 0.05) is 19.2 Å². The number of nitrogens with zero attached hydrogens (tertiary/aromatic N) is 1. The van der Waals surface area contributed by atoms with E-state index in [0.29, 0.717) is 5.92 Å². The average Bonchev–Trinajstić information content (AvgIpc) is 1.68. The summed E-state index contributed by atoms with van der Waals surface area (Å²) in [5.74, 6) is 0.366. The van der Waals surface area contributed by atoms with Gasteiger partial charge in [0.25, 0.3) is 0 Å². The van der Waals surface area contributed by atoms with E-state index in [1.165, 1.54) is 6.20 Å². The summed E-state index contributed by atoms with van der Waals surface area (Å²) in [5.41, 5.74) is 5.12. The summed E-state index contributed by atoms with van der Waals surface area (Å²) in [7, 11) is 1.75. The quantitative estimate of drug-likeness (QED) is 0.527. The average molecular weight is 112 g/mol. The highest BCUT2D eigenvalue weighted by Crippen LogP contribution is 1.88. The van der Waals surface area contributed by atoms with Gasteiger partial charge in [-0.1, -0.05) is 13.0 Å². The summed E-state index contributed by atoms with van der Waals surface area (Å²) in [4.78, 5) is 3.82. The fourth-order valence-corrected chi connectivity index (χ4v) is 0.460. The molecule has 0 amide bonds. The number of hydrogen-bond acceptors (Lipinski definition) is 2. The van der Waals surface area contributed by atoms with Crippen molar-refractivity contribution >= 4 is 6.21 Å². The third kappa shape index (κ3) is 3.40. The molecule has 0 spiro atoms. The van der Waals surface area contributed by atoms with Crippen molar-refractivity contribution in [3.05, 3.63) is 12.3 Å². The van der Waals surface area contributed by atoms with E-state index < -0.39 is 0 Å². The standard InChI is InChI=1S/C6H12N2/c1-6(3-4-7)5-8-2/h3-6H,7H2,1-2H3/b4-3-,8-5-. The molecule has 2 nitrogen and oxygen atoms in total. The van der Waals surface area contributed by atoms with Crippen LogP contribution in [-0.2, 0) is 0 Å². The van der Waals surface area contributed by atoms with E-state index >= 15 is 0 Å². The van der Waals surface area contributed by atoms with E-state index in [1.54, 1.807) is 7.05 Å². The molecular weight excluding hydrogens is 100 g/mol. The first-order valence-electron chi connectivity index (χ1n) is 2.62. The van der Waals surface area contributed by atoms with Crippen molar-refractivity contribution in [2.45, 2.75) is 6.92 Å². The number of nitrogens with two attached hydrogens (primary N) is 1. The topological polar surface area (TPSA) is 38.4 Å². The lowest BCUT2D eigenvalue weighted by atomic mass is 10.2. The Hall–Kier alpha value is -0.790. The molecule has 0 aromatic rings. The van der Waals surface area contributed by atoms with Crippen LogP contribution in [0, 0.1) is 5.92 Å². The third-order valence-corrected chi connectivity index (χ3v) is 0.799. The van der Waals surface area contributed by atoms with Crippen molar-refractivity contribution < 1.29 is 0 Å². The van der Waals surface area contributed by atoms with E-state index in [0.717, 1.165) is 0 Å². The number of allylic oxidation sites excluding steroid dienone is 1. The van der Waals surface area contributed by atoms with Crippen molar-refractivity contribution in [1.82, 2.24) is 0 Å².